The van der Waals surface area contributed by atoms with Gasteiger partial charge in [-0.2, -0.15) is 5.10 Å². The normalized spacial score (nSPS) is 16.7. The largest absolute Gasteiger partial charge is 0.493 e. The molecule has 0 aliphatic carbocycles. The quantitative estimate of drug-likeness (QED) is 0.942. The second kappa shape index (κ2) is 5.95. The number of rotatable bonds is 4. The van der Waals surface area contributed by atoms with E-state index in [2.05, 4.69) is 10.4 Å². The number of benzene rings is 1. The SMILES string of the molecule is CCOc1cc([C@H]2CC(=O)Nc3c2c(C)nn3C)ccc1OC. The summed E-state index contributed by atoms with van der Waals surface area (Å²) in [6.07, 6.45) is 0.400. The standard InChI is InChI=1S/C17H21N3O3/c1-5-23-14-8-11(6-7-13(14)22-4)12-9-15(21)18-17-16(12)10(2)19-20(17)3/h6-8,12H,5,9H2,1-4H3,(H,18,21)/t12-/m1/s1. The van der Waals surface area contributed by atoms with Crippen LogP contribution in [0.4, 0.5) is 5.82 Å². The number of ether oxygens (including phenoxy) is 2. The van der Waals surface area contributed by atoms with Gasteiger partial charge in [-0.05, 0) is 31.5 Å². The van der Waals surface area contributed by atoms with Gasteiger partial charge < -0.3 is 14.8 Å². The second-order valence-electron chi connectivity index (χ2n) is 5.62. The van der Waals surface area contributed by atoms with E-state index in [1.54, 1.807) is 11.8 Å². The van der Waals surface area contributed by atoms with Gasteiger partial charge in [0.25, 0.3) is 0 Å². The van der Waals surface area contributed by atoms with Crippen LogP contribution in [0.5, 0.6) is 11.5 Å². The van der Waals surface area contributed by atoms with Crippen molar-refractivity contribution in [2.75, 3.05) is 19.0 Å². The molecule has 2 aromatic rings. The van der Waals surface area contributed by atoms with E-state index >= 15 is 0 Å². The Morgan fingerprint density at radius 3 is 2.87 bits per heavy atom. The molecule has 0 radical (unpaired) electrons. The topological polar surface area (TPSA) is 65.4 Å². The molecular weight excluding hydrogens is 294 g/mol. The Hall–Kier alpha value is -2.50. The van der Waals surface area contributed by atoms with E-state index in [0.717, 1.165) is 22.6 Å². The first kappa shape index (κ1) is 15.4. The number of aryl methyl sites for hydroxylation is 2. The van der Waals surface area contributed by atoms with Crippen LogP contribution in [0.25, 0.3) is 0 Å². The molecule has 0 bridgehead atoms. The van der Waals surface area contributed by atoms with Gasteiger partial charge in [0.15, 0.2) is 11.5 Å². The molecule has 1 aliphatic rings. The zero-order valence-electron chi connectivity index (χ0n) is 13.8. The smallest absolute Gasteiger partial charge is 0.226 e. The van der Waals surface area contributed by atoms with E-state index in [9.17, 15) is 4.79 Å². The summed E-state index contributed by atoms with van der Waals surface area (Å²) in [5.41, 5.74) is 3.03. The van der Waals surface area contributed by atoms with E-state index < -0.39 is 0 Å². The van der Waals surface area contributed by atoms with Gasteiger partial charge in [-0.25, -0.2) is 0 Å². The minimum Gasteiger partial charge on any atom is -0.493 e. The van der Waals surface area contributed by atoms with Crippen LogP contribution in [0.2, 0.25) is 0 Å². The number of anilines is 1. The number of carbonyl (C=O) groups excluding carboxylic acids is 1. The molecule has 0 saturated carbocycles. The molecule has 0 saturated heterocycles. The molecule has 1 amide bonds. The Bertz CT molecular complexity index is 752. The van der Waals surface area contributed by atoms with E-state index in [1.165, 1.54) is 0 Å². The fourth-order valence-corrected chi connectivity index (χ4v) is 3.17. The minimum atomic E-state index is -0.0300. The summed E-state index contributed by atoms with van der Waals surface area (Å²) in [6, 6.07) is 5.83. The van der Waals surface area contributed by atoms with Crippen molar-refractivity contribution in [3.05, 3.63) is 35.0 Å². The number of fused-ring (bicyclic) bond motifs is 1. The summed E-state index contributed by atoms with van der Waals surface area (Å²) in [7, 11) is 3.46. The number of nitrogens with zero attached hydrogens (tertiary/aromatic N) is 2. The van der Waals surface area contributed by atoms with Crippen LogP contribution >= 0.6 is 0 Å². The molecule has 122 valence electrons. The van der Waals surface area contributed by atoms with Gasteiger partial charge in [-0.3, -0.25) is 9.48 Å². The minimum absolute atomic E-state index is 0.000669. The summed E-state index contributed by atoms with van der Waals surface area (Å²) >= 11 is 0. The van der Waals surface area contributed by atoms with Crippen molar-refractivity contribution in [3.8, 4) is 11.5 Å². The number of amides is 1. The zero-order chi connectivity index (χ0) is 16.6. The molecule has 2 heterocycles. The van der Waals surface area contributed by atoms with Gasteiger partial charge in [-0.15, -0.1) is 0 Å². The lowest BCUT2D eigenvalue weighted by Gasteiger charge is -2.24. The molecule has 1 aromatic heterocycles. The van der Waals surface area contributed by atoms with Crippen molar-refractivity contribution in [2.24, 2.45) is 7.05 Å². The van der Waals surface area contributed by atoms with Gasteiger partial charge in [0.2, 0.25) is 5.91 Å². The third-order valence-electron chi connectivity index (χ3n) is 4.15. The summed E-state index contributed by atoms with van der Waals surface area (Å²) < 4.78 is 12.7. The Morgan fingerprint density at radius 1 is 1.39 bits per heavy atom. The number of methoxy groups -OCH3 is 1. The lowest BCUT2D eigenvalue weighted by atomic mass is 9.85. The summed E-state index contributed by atoms with van der Waals surface area (Å²) in [6.45, 7) is 4.46. The molecule has 1 aromatic carbocycles. The third-order valence-corrected chi connectivity index (χ3v) is 4.15. The zero-order valence-corrected chi connectivity index (χ0v) is 13.8. The fraction of sp³-hybridized carbons (Fsp3) is 0.412. The molecule has 6 heteroatoms. The molecule has 0 unspecified atom stereocenters. The molecular formula is C17H21N3O3. The van der Waals surface area contributed by atoms with Gasteiger partial charge in [-0.1, -0.05) is 6.07 Å². The van der Waals surface area contributed by atoms with Crippen LogP contribution in [-0.2, 0) is 11.8 Å². The average molecular weight is 315 g/mol. The predicted octanol–water partition coefficient (Wildman–Crippen LogP) is 2.61. The average Bonchev–Trinajstić information content (AvgIpc) is 2.81. The Balaban J connectivity index is 2.09. The van der Waals surface area contributed by atoms with Crippen molar-refractivity contribution in [1.29, 1.82) is 0 Å². The van der Waals surface area contributed by atoms with Gasteiger partial charge >= 0.3 is 0 Å². The van der Waals surface area contributed by atoms with Crippen LogP contribution in [0.3, 0.4) is 0 Å². The Morgan fingerprint density at radius 2 is 2.17 bits per heavy atom. The molecule has 1 N–H and O–H groups in total. The van der Waals surface area contributed by atoms with Gasteiger partial charge in [0.05, 0.1) is 19.4 Å². The number of carbonyl (C=O) groups is 1. The second-order valence-corrected chi connectivity index (χ2v) is 5.62. The lowest BCUT2D eigenvalue weighted by molar-refractivity contribution is -0.116. The van der Waals surface area contributed by atoms with Crippen molar-refractivity contribution >= 4 is 11.7 Å². The summed E-state index contributed by atoms with van der Waals surface area (Å²) in [5.74, 6) is 2.13. The van der Waals surface area contributed by atoms with E-state index in [4.69, 9.17) is 9.47 Å². The highest BCUT2D eigenvalue weighted by Crippen LogP contribution is 2.41. The maximum Gasteiger partial charge on any atom is 0.226 e. The molecule has 1 atom stereocenters. The number of hydrogen-bond donors (Lipinski definition) is 1. The van der Waals surface area contributed by atoms with Gasteiger partial charge in [0.1, 0.15) is 5.82 Å². The summed E-state index contributed by atoms with van der Waals surface area (Å²) in [5, 5.41) is 7.36. The van der Waals surface area contributed by atoms with Gasteiger partial charge in [0, 0.05) is 24.9 Å². The van der Waals surface area contributed by atoms with Crippen molar-refractivity contribution in [1.82, 2.24) is 9.78 Å². The highest BCUT2D eigenvalue weighted by atomic mass is 16.5. The molecule has 0 fully saturated rings. The van der Waals surface area contributed by atoms with Crippen molar-refractivity contribution < 1.29 is 14.3 Å². The molecule has 0 spiro atoms. The van der Waals surface area contributed by atoms with Crippen LogP contribution in [-0.4, -0.2) is 29.4 Å². The Labute approximate surface area is 135 Å². The van der Waals surface area contributed by atoms with Crippen LogP contribution in [0.15, 0.2) is 18.2 Å². The van der Waals surface area contributed by atoms with E-state index in [0.29, 0.717) is 24.5 Å². The Kier molecular flexibility index (Phi) is 3.98. The lowest BCUT2D eigenvalue weighted by Crippen LogP contribution is -2.24. The molecule has 3 rings (SSSR count). The highest BCUT2D eigenvalue weighted by molar-refractivity contribution is 5.94. The fourth-order valence-electron chi connectivity index (χ4n) is 3.17. The number of nitrogens with one attached hydrogen (secondary N) is 1. The molecule has 6 nitrogen and oxygen atoms in total. The first-order valence-electron chi connectivity index (χ1n) is 7.69. The van der Waals surface area contributed by atoms with Crippen LogP contribution < -0.4 is 14.8 Å². The van der Waals surface area contributed by atoms with Crippen LogP contribution in [0, 0.1) is 6.92 Å². The number of aromatic nitrogens is 2. The third kappa shape index (κ3) is 2.65. The summed E-state index contributed by atoms with van der Waals surface area (Å²) in [4.78, 5) is 12.1. The van der Waals surface area contributed by atoms with E-state index in [1.807, 2.05) is 39.1 Å². The van der Waals surface area contributed by atoms with Crippen LogP contribution in [0.1, 0.15) is 36.1 Å². The molecule has 23 heavy (non-hydrogen) atoms. The maximum absolute atomic E-state index is 12.1. The molecule has 1 aliphatic heterocycles. The monoisotopic (exact) mass is 315 g/mol. The predicted molar refractivity (Wildman–Crippen MR) is 87.2 cm³/mol. The first-order valence-corrected chi connectivity index (χ1v) is 7.69. The first-order chi connectivity index (χ1) is 11.0. The maximum atomic E-state index is 12.1. The number of hydrogen-bond acceptors (Lipinski definition) is 4. The van der Waals surface area contributed by atoms with Crippen molar-refractivity contribution in [3.63, 3.8) is 0 Å². The van der Waals surface area contributed by atoms with Crippen molar-refractivity contribution in [2.45, 2.75) is 26.2 Å². The highest BCUT2D eigenvalue weighted by Gasteiger charge is 2.31. The van der Waals surface area contributed by atoms with E-state index in [-0.39, 0.29) is 11.8 Å².